The van der Waals surface area contributed by atoms with Crippen molar-refractivity contribution in [2.45, 2.75) is 95.6 Å². The van der Waals surface area contributed by atoms with Gasteiger partial charge in [0.05, 0.1) is 21.4 Å². The number of carbonyl (C=O) groups is 2. The van der Waals surface area contributed by atoms with Crippen LogP contribution in [0.3, 0.4) is 0 Å². The highest BCUT2D eigenvalue weighted by molar-refractivity contribution is 6.43. The zero-order valence-corrected chi connectivity index (χ0v) is 32.4. The molecule has 5 rings (SSSR count). The van der Waals surface area contributed by atoms with E-state index in [1.165, 1.54) is 42.7 Å². The van der Waals surface area contributed by atoms with Crippen molar-refractivity contribution in [1.82, 2.24) is 0 Å². The van der Waals surface area contributed by atoms with Crippen LogP contribution in [0.25, 0.3) is 10.8 Å². The SMILES string of the molecule is CCCCCCCCCC(CCC(C)Cl)OC(=O)N(C1=NN(c2c(Cl)cc(Cl)cc2Cl)C(=O)C1N=Nc1cccc2ccccc12)c1ccccc1. The van der Waals surface area contributed by atoms with E-state index in [0.29, 0.717) is 30.6 Å². The fourth-order valence-corrected chi connectivity index (χ4v) is 7.23. The fourth-order valence-electron chi connectivity index (χ4n) is 6.12. The van der Waals surface area contributed by atoms with Crippen LogP contribution in [0.4, 0.5) is 21.9 Å². The van der Waals surface area contributed by atoms with Gasteiger partial charge in [-0.15, -0.1) is 16.7 Å². The number of hydrazone groups is 1. The molecule has 52 heavy (non-hydrogen) atoms. The first-order valence-corrected chi connectivity index (χ1v) is 19.4. The number of fused-ring (bicyclic) bond motifs is 1. The van der Waals surface area contributed by atoms with Gasteiger partial charge in [-0.1, -0.05) is 135 Å². The summed E-state index contributed by atoms with van der Waals surface area (Å²) in [7, 11) is 0. The molecular weight excluding hydrogens is 740 g/mol. The van der Waals surface area contributed by atoms with Crippen LogP contribution in [0.15, 0.2) is 100 Å². The third-order valence-corrected chi connectivity index (χ3v) is 9.85. The third-order valence-electron chi connectivity index (χ3n) is 8.84. The largest absolute Gasteiger partial charge is 0.446 e. The Morgan fingerprint density at radius 1 is 0.865 bits per heavy atom. The Hall–Kier alpha value is -3.69. The van der Waals surface area contributed by atoms with Gasteiger partial charge in [0.2, 0.25) is 6.04 Å². The number of azo groups is 1. The molecule has 3 unspecified atom stereocenters. The lowest BCUT2D eigenvalue weighted by molar-refractivity contribution is -0.117. The van der Waals surface area contributed by atoms with Crippen molar-refractivity contribution in [3.63, 3.8) is 0 Å². The Morgan fingerprint density at radius 3 is 2.23 bits per heavy atom. The normalized spacial score (nSPS) is 15.7. The fraction of sp³-hybridized carbons (Fsp3) is 0.375. The predicted octanol–water partition coefficient (Wildman–Crippen LogP) is 13.2. The minimum absolute atomic E-state index is 0.0207. The Morgan fingerprint density at radius 2 is 1.52 bits per heavy atom. The summed E-state index contributed by atoms with van der Waals surface area (Å²) in [5, 5.41) is 17.0. The van der Waals surface area contributed by atoms with Crippen LogP contribution < -0.4 is 9.91 Å². The van der Waals surface area contributed by atoms with E-state index in [1.54, 1.807) is 24.3 Å². The van der Waals surface area contributed by atoms with Crippen LogP contribution >= 0.6 is 46.4 Å². The van der Waals surface area contributed by atoms with Crippen molar-refractivity contribution in [2.24, 2.45) is 15.3 Å². The Kier molecular flexibility index (Phi) is 14.7. The molecule has 0 saturated heterocycles. The molecule has 3 atom stereocenters. The highest BCUT2D eigenvalue weighted by Crippen LogP contribution is 2.40. The molecule has 0 fully saturated rings. The minimum atomic E-state index is -1.36. The van der Waals surface area contributed by atoms with E-state index in [2.05, 4.69) is 22.3 Å². The topological polar surface area (TPSA) is 86.9 Å². The molecule has 0 radical (unpaired) electrons. The lowest BCUT2D eigenvalue weighted by atomic mass is 10.0. The van der Waals surface area contributed by atoms with Crippen molar-refractivity contribution >= 4 is 92.1 Å². The maximum atomic E-state index is 14.4. The first-order chi connectivity index (χ1) is 25.2. The molecule has 1 heterocycles. The molecule has 0 bridgehead atoms. The number of nitrogens with zero attached hydrogens (tertiary/aromatic N) is 5. The number of halogens is 4. The molecule has 4 aromatic rings. The number of ether oxygens (including phenoxy) is 1. The number of hydrogen-bond acceptors (Lipinski definition) is 6. The summed E-state index contributed by atoms with van der Waals surface area (Å²) in [5.41, 5.74) is 1.08. The van der Waals surface area contributed by atoms with Gasteiger partial charge >= 0.3 is 6.09 Å². The molecule has 2 amide bonds. The molecule has 1 aliphatic heterocycles. The van der Waals surface area contributed by atoms with Gasteiger partial charge in [0, 0.05) is 15.8 Å². The molecule has 0 saturated carbocycles. The third kappa shape index (κ3) is 10.2. The van der Waals surface area contributed by atoms with Gasteiger partial charge in [0.25, 0.3) is 5.91 Å². The lowest BCUT2D eigenvalue weighted by Gasteiger charge is -2.26. The second-order valence-electron chi connectivity index (χ2n) is 12.9. The Labute approximate surface area is 325 Å². The van der Waals surface area contributed by atoms with E-state index in [1.807, 2.05) is 55.5 Å². The number of hydrogen-bond donors (Lipinski definition) is 0. The molecule has 8 nitrogen and oxygen atoms in total. The molecule has 0 N–H and O–H groups in total. The van der Waals surface area contributed by atoms with E-state index < -0.39 is 24.1 Å². The second-order valence-corrected chi connectivity index (χ2v) is 14.9. The summed E-state index contributed by atoms with van der Waals surface area (Å²) in [6, 6.07) is 23.8. The van der Waals surface area contributed by atoms with E-state index in [9.17, 15) is 9.59 Å². The van der Waals surface area contributed by atoms with Crippen LogP contribution in [0.5, 0.6) is 0 Å². The van der Waals surface area contributed by atoms with Crippen molar-refractivity contribution in [1.29, 1.82) is 0 Å². The molecule has 4 aromatic carbocycles. The van der Waals surface area contributed by atoms with Gasteiger partial charge in [-0.3, -0.25) is 4.79 Å². The number of alkyl halides is 1. The Balaban J connectivity index is 1.52. The summed E-state index contributed by atoms with van der Waals surface area (Å²) in [5.74, 6) is -0.637. The summed E-state index contributed by atoms with van der Waals surface area (Å²) in [6.07, 6.45) is 8.80. The number of unbranched alkanes of at least 4 members (excludes halogenated alkanes) is 6. The van der Waals surface area contributed by atoms with Gasteiger partial charge in [-0.25, -0.2) is 9.69 Å². The number of amides is 2. The smallest absolute Gasteiger partial charge is 0.420 e. The number of carbonyl (C=O) groups excluding carboxylic acids is 2. The Bertz CT molecular complexity index is 1860. The number of para-hydroxylation sites is 1. The van der Waals surface area contributed by atoms with Crippen LogP contribution in [-0.2, 0) is 9.53 Å². The maximum Gasteiger partial charge on any atom is 0.420 e. The monoisotopic (exact) mass is 781 g/mol. The van der Waals surface area contributed by atoms with Crippen molar-refractivity contribution in [3.8, 4) is 0 Å². The number of anilines is 2. The highest BCUT2D eigenvalue weighted by Gasteiger charge is 2.44. The van der Waals surface area contributed by atoms with Crippen LogP contribution in [0.2, 0.25) is 15.1 Å². The zero-order chi connectivity index (χ0) is 37.0. The summed E-state index contributed by atoms with van der Waals surface area (Å²) in [6.45, 7) is 4.13. The maximum absolute atomic E-state index is 14.4. The number of amidine groups is 1. The summed E-state index contributed by atoms with van der Waals surface area (Å²) >= 11 is 25.8. The van der Waals surface area contributed by atoms with Crippen LogP contribution in [-0.4, -0.2) is 35.4 Å². The van der Waals surface area contributed by atoms with E-state index >= 15 is 0 Å². The van der Waals surface area contributed by atoms with Crippen molar-refractivity contribution < 1.29 is 14.3 Å². The number of rotatable bonds is 16. The molecule has 274 valence electrons. The van der Waals surface area contributed by atoms with Crippen LogP contribution in [0, 0.1) is 0 Å². The summed E-state index contributed by atoms with van der Waals surface area (Å²) in [4.78, 5) is 30.0. The average molecular weight is 784 g/mol. The van der Waals surface area contributed by atoms with E-state index in [0.717, 1.165) is 35.0 Å². The average Bonchev–Trinajstić information content (AvgIpc) is 3.43. The molecule has 12 heteroatoms. The minimum Gasteiger partial charge on any atom is -0.446 e. The molecule has 1 aliphatic rings. The summed E-state index contributed by atoms with van der Waals surface area (Å²) < 4.78 is 6.26. The van der Waals surface area contributed by atoms with Gasteiger partial charge in [0.1, 0.15) is 11.8 Å². The van der Waals surface area contributed by atoms with Gasteiger partial charge in [-0.2, -0.15) is 15.2 Å². The lowest BCUT2D eigenvalue weighted by Crippen LogP contribution is -2.45. The molecular formula is C40H43Cl4N5O3. The molecule has 0 aliphatic carbocycles. The van der Waals surface area contributed by atoms with Crippen molar-refractivity contribution in [3.05, 3.63) is 100.0 Å². The first kappa shape index (κ1) is 39.5. The number of benzene rings is 4. The van der Waals surface area contributed by atoms with E-state index in [4.69, 9.17) is 51.1 Å². The predicted molar refractivity (Wildman–Crippen MR) is 215 cm³/mol. The van der Waals surface area contributed by atoms with Gasteiger partial charge < -0.3 is 4.74 Å². The molecule has 0 spiro atoms. The quantitative estimate of drug-likeness (QED) is 0.0644. The van der Waals surface area contributed by atoms with Gasteiger partial charge in [0.15, 0.2) is 5.84 Å². The second kappa shape index (κ2) is 19.4. The highest BCUT2D eigenvalue weighted by atomic mass is 35.5. The standard InChI is InChI=1S/C40H43Cl4N5O3/c1-3-4-5-6-7-8-12-20-31(24-23-27(2)41)52-40(51)48(30-18-10-9-11-19-30)38-36(46-45-35-22-15-17-28-16-13-14-21-32(28)35)39(50)49(47-38)37-33(43)25-29(42)26-34(37)44/h9-11,13-19,21-22,25-27,31,36H,3-8,12,20,23-24H2,1-2H3. The van der Waals surface area contributed by atoms with Gasteiger partial charge in [-0.05, 0) is 68.3 Å². The van der Waals surface area contributed by atoms with Crippen molar-refractivity contribution in [2.75, 3.05) is 9.91 Å². The first-order valence-electron chi connectivity index (χ1n) is 17.8. The van der Waals surface area contributed by atoms with Crippen LogP contribution in [0.1, 0.15) is 78.1 Å². The zero-order valence-electron chi connectivity index (χ0n) is 29.4. The molecule has 0 aromatic heterocycles. The van der Waals surface area contributed by atoms with E-state index in [-0.39, 0.29) is 32.0 Å².